The Labute approximate surface area is 165 Å². The number of amides is 2. The van der Waals surface area contributed by atoms with Gasteiger partial charge in [-0.05, 0) is 43.2 Å². The van der Waals surface area contributed by atoms with Gasteiger partial charge >= 0.3 is 0 Å². The highest BCUT2D eigenvalue weighted by atomic mass is 32.1. The van der Waals surface area contributed by atoms with Crippen molar-refractivity contribution in [1.82, 2.24) is 15.5 Å². The second-order valence-electron chi connectivity index (χ2n) is 8.63. The Morgan fingerprint density at radius 1 is 1.37 bits per heavy atom. The first-order chi connectivity index (χ1) is 12.6. The fourth-order valence-corrected chi connectivity index (χ4v) is 3.93. The molecule has 27 heavy (non-hydrogen) atoms. The standard InChI is InChI=1S/C20H30N4O2S/c1-19(2,3)13-16(22-17(25)12-15-6-5-11-27-15)18(26)23-20(14-21)7-9-24(4)10-8-20/h5-6,11,16H,7-10,12-13H2,1-4H3,(H,22,25)(H,23,26). The van der Waals surface area contributed by atoms with Gasteiger partial charge in [0, 0.05) is 18.0 Å². The molecule has 0 aliphatic carbocycles. The zero-order valence-electron chi connectivity index (χ0n) is 16.7. The van der Waals surface area contributed by atoms with E-state index >= 15 is 0 Å². The number of nitrogens with one attached hydrogen (secondary N) is 2. The minimum Gasteiger partial charge on any atom is -0.344 e. The Kier molecular flexibility index (Phi) is 7.01. The molecule has 0 bridgehead atoms. The first-order valence-corrected chi connectivity index (χ1v) is 10.2. The molecule has 2 amide bonds. The number of hydrogen-bond acceptors (Lipinski definition) is 5. The Morgan fingerprint density at radius 3 is 2.56 bits per heavy atom. The van der Waals surface area contributed by atoms with Crippen LogP contribution in [-0.4, -0.2) is 48.4 Å². The molecule has 6 nitrogen and oxygen atoms in total. The van der Waals surface area contributed by atoms with E-state index in [0.29, 0.717) is 19.3 Å². The highest BCUT2D eigenvalue weighted by Gasteiger charge is 2.38. The highest BCUT2D eigenvalue weighted by Crippen LogP contribution is 2.24. The van der Waals surface area contributed by atoms with Crippen LogP contribution >= 0.6 is 11.3 Å². The lowest BCUT2D eigenvalue weighted by molar-refractivity contribution is -0.130. The topological polar surface area (TPSA) is 85.2 Å². The zero-order valence-corrected chi connectivity index (χ0v) is 17.5. The van der Waals surface area contributed by atoms with Gasteiger partial charge in [-0.3, -0.25) is 9.59 Å². The molecule has 148 valence electrons. The molecule has 2 rings (SSSR count). The molecule has 1 aliphatic rings. The summed E-state index contributed by atoms with van der Waals surface area (Å²) in [5.41, 5.74) is -0.983. The minimum absolute atomic E-state index is 0.134. The van der Waals surface area contributed by atoms with E-state index in [-0.39, 0.29) is 23.7 Å². The SMILES string of the molecule is CN1CCC(C#N)(NC(=O)C(CC(C)(C)C)NC(=O)Cc2cccs2)CC1. The summed E-state index contributed by atoms with van der Waals surface area (Å²) in [5.74, 6) is -0.438. The number of piperidine rings is 1. The predicted octanol–water partition coefficient (Wildman–Crippen LogP) is 2.32. The molecule has 0 saturated carbocycles. The van der Waals surface area contributed by atoms with Crippen molar-refractivity contribution in [3.63, 3.8) is 0 Å². The predicted molar refractivity (Wildman–Crippen MR) is 107 cm³/mol. The lowest BCUT2D eigenvalue weighted by Gasteiger charge is -2.37. The van der Waals surface area contributed by atoms with Crippen LogP contribution in [0.4, 0.5) is 0 Å². The number of carbonyl (C=O) groups excluding carboxylic acids is 2. The highest BCUT2D eigenvalue weighted by molar-refractivity contribution is 7.10. The maximum atomic E-state index is 13.0. The van der Waals surface area contributed by atoms with E-state index in [1.54, 1.807) is 0 Å². The maximum absolute atomic E-state index is 13.0. The lowest BCUT2D eigenvalue weighted by Crippen LogP contribution is -2.59. The van der Waals surface area contributed by atoms with Crippen LogP contribution in [0.25, 0.3) is 0 Å². The van der Waals surface area contributed by atoms with E-state index in [1.807, 2.05) is 45.3 Å². The summed E-state index contributed by atoms with van der Waals surface area (Å²) >= 11 is 1.52. The average molecular weight is 391 g/mol. The van der Waals surface area contributed by atoms with Gasteiger partial charge in [0.2, 0.25) is 11.8 Å². The van der Waals surface area contributed by atoms with Crippen LogP contribution in [0.2, 0.25) is 0 Å². The molecule has 0 aromatic carbocycles. The van der Waals surface area contributed by atoms with Crippen molar-refractivity contribution in [2.45, 2.75) is 58.0 Å². The molecular formula is C20H30N4O2S. The van der Waals surface area contributed by atoms with E-state index in [9.17, 15) is 14.9 Å². The Hall–Kier alpha value is -1.91. The van der Waals surface area contributed by atoms with Crippen LogP contribution in [0.1, 0.15) is 44.9 Å². The molecule has 2 heterocycles. The fraction of sp³-hybridized carbons (Fsp3) is 0.650. The number of nitrogens with zero attached hydrogens (tertiary/aromatic N) is 2. The van der Waals surface area contributed by atoms with Crippen molar-refractivity contribution in [2.24, 2.45) is 5.41 Å². The van der Waals surface area contributed by atoms with Crippen LogP contribution in [-0.2, 0) is 16.0 Å². The monoisotopic (exact) mass is 390 g/mol. The van der Waals surface area contributed by atoms with Crippen LogP contribution in [0.5, 0.6) is 0 Å². The summed E-state index contributed by atoms with van der Waals surface area (Å²) in [6.45, 7) is 7.64. The zero-order chi connectivity index (χ0) is 20.1. The second-order valence-corrected chi connectivity index (χ2v) is 9.66. The van der Waals surface area contributed by atoms with E-state index in [4.69, 9.17) is 0 Å². The molecule has 2 N–H and O–H groups in total. The Bertz CT molecular complexity index is 680. The number of nitriles is 1. The third-order valence-electron chi connectivity index (χ3n) is 4.80. The van der Waals surface area contributed by atoms with Gasteiger partial charge in [-0.2, -0.15) is 5.26 Å². The molecule has 0 radical (unpaired) electrons. The number of thiophene rings is 1. The minimum atomic E-state index is -0.849. The summed E-state index contributed by atoms with van der Waals surface area (Å²) < 4.78 is 0. The molecule has 1 fully saturated rings. The molecule has 0 spiro atoms. The van der Waals surface area contributed by atoms with E-state index in [2.05, 4.69) is 21.6 Å². The molecule has 1 aromatic rings. The van der Waals surface area contributed by atoms with Gasteiger partial charge in [0.15, 0.2) is 0 Å². The Morgan fingerprint density at radius 2 is 2.04 bits per heavy atom. The van der Waals surface area contributed by atoms with Crippen molar-refractivity contribution in [1.29, 1.82) is 5.26 Å². The summed E-state index contributed by atoms with van der Waals surface area (Å²) in [7, 11) is 2.01. The quantitative estimate of drug-likeness (QED) is 0.781. The molecule has 1 unspecified atom stereocenters. The largest absolute Gasteiger partial charge is 0.344 e. The van der Waals surface area contributed by atoms with E-state index in [0.717, 1.165) is 18.0 Å². The first-order valence-electron chi connectivity index (χ1n) is 9.36. The van der Waals surface area contributed by atoms with Gasteiger partial charge in [0.05, 0.1) is 12.5 Å². The fourth-order valence-electron chi connectivity index (χ4n) is 3.23. The number of carbonyl (C=O) groups is 2. The molecule has 1 aliphatic heterocycles. The van der Waals surface area contributed by atoms with Gasteiger partial charge in [-0.25, -0.2) is 0 Å². The third kappa shape index (κ3) is 6.64. The van der Waals surface area contributed by atoms with E-state index in [1.165, 1.54) is 11.3 Å². The van der Waals surface area contributed by atoms with Crippen molar-refractivity contribution in [3.8, 4) is 6.07 Å². The first kappa shape index (κ1) is 21.4. The molecule has 7 heteroatoms. The summed E-state index contributed by atoms with van der Waals surface area (Å²) in [6, 6.07) is 5.47. The lowest BCUT2D eigenvalue weighted by atomic mass is 9.85. The van der Waals surface area contributed by atoms with Gasteiger partial charge in [-0.1, -0.05) is 26.8 Å². The van der Waals surface area contributed by atoms with Crippen molar-refractivity contribution in [3.05, 3.63) is 22.4 Å². The van der Waals surface area contributed by atoms with Gasteiger partial charge < -0.3 is 15.5 Å². The summed E-state index contributed by atoms with van der Waals surface area (Å²) in [6.07, 6.45) is 1.96. The van der Waals surface area contributed by atoms with Crippen LogP contribution < -0.4 is 10.6 Å². The molecule has 1 aromatic heterocycles. The Balaban J connectivity index is 2.06. The molecule has 1 atom stereocenters. The van der Waals surface area contributed by atoms with Crippen LogP contribution in [0, 0.1) is 16.7 Å². The average Bonchev–Trinajstić information content (AvgIpc) is 3.08. The van der Waals surface area contributed by atoms with Gasteiger partial charge in [0.1, 0.15) is 11.6 Å². The summed E-state index contributed by atoms with van der Waals surface area (Å²) in [5, 5.41) is 17.4. The molecule has 1 saturated heterocycles. The third-order valence-corrected chi connectivity index (χ3v) is 5.68. The van der Waals surface area contributed by atoms with Crippen LogP contribution in [0.3, 0.4) is 0 Å². The van der Waals surface area contributed by atoms with Crippen molar-refractivity contribution >= 4 is 23.2 Å². The smallest absolute Gasteiger partial charge is 0.243 e. The number of rotatable bonds is 6. The van der Waals surface area contributed by atoms with Gasteiger partial charge in [-0.15, -0.1) is 11.3 Å². The number of hydrogen-bond donors (Lipinski definition) is 2. The normalized spacial score (nSPS) is 18.3. The van der Waals surface area contributed by atoms with Gasteiger partial charge in [0.25, 0.3) is 0 Å². The van der Waals surface area contributed by atoms with Crippen molar-refractivity contribution in [2.75, 3.05) is 20.1 Å². The van der Waals surface area contributed by atoms with Crippen molar-refractivity contribution < 1.29 is 9.59 Å². The van der Waals surface area contributed by atoms with E-state index < -0.39 is 11.6 Å². The van der Waals surface area contributed by atoms with Crippen LogP contribution in [0.15, 0.2) is 17.5 Å². The summed E-state index contributed by atoms with van der Waals surface area (Å²) in [4.78, 5) is 28.5. The maximum Gasteiger partial charge on any atom is 0.243 e. The number of likely N-dealkylation sites (tertiary alicyclic amines) is 1. The molecular weight excluding hydrogens is 360 g/mol. The second kappa shape index (κ2) is 8.85.